The molecule has 0 bridgehead atoms. The number of fused-ring (bicyclic) bond motifs is 14. The van der Waals surface area contributed by atoms with E-state index in [1.54, 1.807) is 0 Å². The predicted octanol–water partition coefficient (Wildman–Crippen LogP) is 18.5. The third-order valence-electron chi connectivity index (χ3n) is 15.2. The van der Waals surface area contributed by atoms with E-state index in [0.29, 0.717) is 0 Å². The first kappa shape index (κ1) is 41.3. The van der Waals surface area contributed by atoms with Gasteiger partial charge in [-0.15, -0.1) is 0 Å². The summed E-state index contributed by atoms with van der Waals surface area (Å²) in [6, 6.07) is 79.1. The lowest BCUT2D eigenvalue weighted by Gasteiger charge is -2.33. The molecule has 1 aromatic heterocycles. The van der Waals surface area contributed by atoms with Crippen molar-refractivity contribution < 1.29 is 4.42 Å². The molecule has 2 heteroatoms. The van der Waals surface area contributed by atoms with Gasteiger partial charge in [0, 0.05) is 22.0 Å². The third kappa shape index (κ3) is 6.11. The normalized spacial score (nSPS) is 13.5. The number of para-hydroxylation sites is 1. The van der Waals surface area contributed by atoms with Crippen molar-refractivity contribution in [2.24, 2.45) is 0 Å². The molecule has 2 aliphatic carbocycles. The molecule has 2 nitrogen and oxygen atoms in total. The van der Waals surface area contributed by atoms with E-state index in [-0.39, 0.29) is 10.8 Å². The topological polar surface area (TPSA) is 16.4 Å². The molecule has 0 unspecified atom stereocenters. The van der Waals surface area contributed by atoms with Gasteiger partial charge in [-0.3, -0.25) is 0 Å². The number of hydrogen-bond acceptors (Lipinski definition) is 2. The van der Waals surface area contributed by atoms with Gasteiger partial charge in [0.25, 0.3) is 0 Å². The van der Waals surface area contributed by atoms with Gasteiger partial charge in [0.1, 0.15) is 5.58 Å². The minimum absolute atomic E-state index is 0.0367. The second kappa shape index (κ2) is 15.0. The van der Waals surface area contributed by atoms with Crippen LogP contribution in [-0.2, 0) is 16.2 Å². The second-order valence-electron chi connectivity index (χ2n) is 21.2. The minimum atomic E-state index is -0.547. The van der Waals surface area contributed by atoms with Gasteiger partial charge in [0.15, 0.2) is 5.58 Å². The molecule has 0 aliphatic heterocycles. The molecule has 0 atom stereocenters. The Labute approximate surface area is 405 Å². The Hall–Kier alpha value is -7.94. The summed E-state index contributed by atoms with van der Waals surface area (Å²) in [4.78, 5) is 2.47. The van der Waals surface area contributed by atoms with Gasteiger partial charge in [-0.25, -0.2) is 0 Å². The van der Waals surface area contributed by atoms with E-state index in [9.17, 15) is 0 Å². The molecule has 2 aliphatic rings. The zero-order valence-electron chi connectivity index (χ0n) is 40.1. The van der Waals surface area contributed by atoms with Gasteiger partial charge in [-0.1, -0.05) is 224 Å². The van der Waals surface area contributed by atoms with E-state index in [1.807, 2.05) is 0 Å². The van der Waals surface area contributed by atoms with E-state index in [4.69, 9.17) is 4.42 Å². The van der Waals surface area contributed by atoms with Crippen molar-refractivity contribution in [3.63, 3.8) is 0 Å². The quantitative estimate of drug-likeness (QED) is 0.171. The van der Waals surface area contributed by atoms with E-state index in [0.717, 1.165) is 44.6 Å². The maximum atomic E-state index is 7.13. The van der Waals surface area contributed by atoms with Crippen molar-refractivity contribution in [2.75, 3.05) is 4.90 Å². The highest BCUT2D eigenvalue weighted by atomic mass is 16.3. The molecule has 1 heterocycles. The number of anilines is 3. The standard InChI is InChI=1S/C67H53NO/c1-65(2,3)45-34-38-51-52-39-35-46(66(4,5)6)41-58(52)67(57(51)40-45)55-27-13-12-23-53(55)63-56(67)28-17-29-59(63)68(47-36-32-44(33-37-47)49-24-14-21-42-20-10-11-22-48(42)49)60-30-15-26-54-62-50(43-18-8-7-9-19-43)25-16-31-61(62)69-64(54)60/h7-41H,1-6H3. The van der Waals surface area contributed by atoms with Crippen LogP contribution in [0.15, 0.2) is 217 Å². The Balaban J connectivity index is 1.11. The minimum Gasteiger partial charge on any atom is -0.454 e. The highest BCUT2D eigenvalue weighted by Gasteiger charge is 2.53. The molecule has 0 saturated carbocycles. The summed E-state index contributed by atoms with van der Waals surface area (Å²) in [5.74, 6) is 0. The number of nitrogens with zero attached hydrogens (tertiary/aromatic N) is 1. The van der Waals surface area contributed by atoms with Gasteiger partial charge >= 0.3 is 0 Å². The van der Waals surface area contributed by atoms with Crippen molar-refractivity contribution in [1.29, 1.82) is 0 Å². The molecule has 0 fully saturated rings. The summed E-state index contributed by atoms with van der Waals surface area (Å²) >= 11 is 0. The summed E-state index contributed by atoms with van der Waals surface area (Å²) in [7, 11) is 0. The Morgan fingerprint density at radius 3 is 1.68 bits per heavy atom. The molecule has 10 aromatic carbocycles. The average molecular weight is 888 g/mol. The second-order valence-corrected chi connectivity index (χ2v) is 21.2. The van der Waals surface area contributed by atoms with E-state index in [1.165, 1.54) is 83.1 Å². The molecule has 332 valence electrons. The smallest absolute Gasteiger partial charge is 0.159 e. The predicted molar refractivity (Wildman–Crippen MR) is 290 cm³/mol. The molecule has 69 heavy (non-hydrogen) atoms. The lowest BCUT2D eigenvalue weighted by molar-refractivity contribution is 0.586. The molecule has 1 spiro atoms. The zero-order valence-corrected chi connectivity index (χ0v) is 40.1. The van der Waals surface area contributed by atoms with Gasteiger partial charge < -0.3 is 9.32 Å². The van der Waals surface area contributed by atoms with Crippen molar-refractivity contribution in [3.05, 3.63) is 246 Å². The number of benzene rings is 10. The van der Waals surface area contributed by atoms with Gasteiger partial charge in [0.05, 0.1) is 16.8 Å². The maximum absolute atomic E-state index is 7.13. The summed E-state index contributed by atoms with van der Waals surface area (Å²) in [6.45, 7) is 14.0. The van der Waals surface area contributed by atoms with Crippen LogP contribution in [0.5, 0.6) is 0 Å². The maximum Gasteiger partial charge on any atom is 0.159 e. The highest BCUT2D eigenvalue weighted by molar-refractivity contribution is 6.16. The van der Waals surface area contributed by atoms with Crippen LogP contribution in [0.25, 0.3) is 77.2 Å². The van der Waals surface area contributed by atoms with Gasteiger partial charge in [-0.2, -0.15) is 0 Å². The van der Waals surface area contributed by atoms with Gasteiger partial charge in [0.2, 0.25) is 0 Å². The molecule has 11 aromatic rings. The fourth-order valence-corrected chi connectivity index (χ4v) is 11.9. The lowest BCUT2D eigenvalue weighted by atomic mass is 9.69. The Bertz CT molecular complexity index is 3790. The van der Waals surface area contributed by atoms with Crippen LogP contribution >= 0.6 is 0 Å². The lowest BCUT2D eigenvalue weighted by Crippen LogP contribution is -2.27. The molecule has 0 N–H and O–H groups in total. The molecule has 0 amide bonds. The van der Waals surface area contributed by atoms with Crippen LogP contribution < -0.4 is 4.90 Å². The zero-order chi connectivity index (χ0) is 46.8. The van der Waals surface area contributed by atoms with Crippen LogP contribution in [0.3, 0.4) is 0 Å². The monoisotopic (exact) mass is 887 g/mol. The third-order valence-corrected chi connectivity index (χ3v) is 15.2. The van der Waals surface area contributed by atoms with Crippen LogP contribution in [0.4, 0.5) is 17.1 Å². The summed E-state index contributed by atoms with van der Waals surface area (Å²) in [5, 5.41) is 4.69. The molecular formula is C67H53NO. The highest BCUT2D eigenvalue weighted by Crippen LogP contribution is 2.65. The van der Waals surface area contributed by atoms with Crippen molar-refractivity contribution >= 4 is 49.8 Å². The van der Waals surface area contributed by atoms with E-state index < -0.39 is 5.41 Å². The average Bonchev–Trinajstić information content (AvgIpc) is 4.01. The first-order chi connectivity index (χ1) is 33.5. The molecular weight excluding hydrogens is 835 g/mol. The van der Waals surface area contributed by atoms with Crippen LogP contribution in [0.2, 0.25) is 0 Å². The number of rotatable bonds is 5. The van der Waals surface area contributed by atoms with E-state index in [2.05, 4.69) is 259 Å². The fraction of sp³-hybridized carbons (Fsp3) is 0.134. The molecule has 13 rings (SSSR count). The van der Waals surface area contributed by atoms with Crippen LogP contribution in [0.1, 0.15) is 74.9 Å². The Kier molecular flexibility index (Phi) is 8.99. The first-order valence-corrected chi connectivity index (χ1v) is 24.4. The van der Waals surface area contributed by atoms with Crippen LogP contribution in [-0.4, -0.2) is 0 Å². The van der Waals surface area contributed by atoms with Crippen molar-refractivity contribution in [3.8, 4) is 44.5 Å². The number of hydrogen-bond donors (Lipinski definition) is 0. The molecule has 0 saturated heterocycles. The fourth-order valence-electron chi connectivity index (χ4n) is 11.9. The summed E-state index contributed by atoms with van der Waals surface area (Å²) < 4.78 is 7.13. The molecule has 0 radical (unpaired) electrons. The SMILES string of the molecule is CC(C)(C)c1ccc2c(c1)C1(c3cc(C(C)(C)C)ccc3-2)c2ccccc2-c2c(N(c3ccc(-c4cccc5ccccc45)cc3)c3cccc4c3oc3cccc(-c5ccccc5)c34)cccc21. The largest absolute Gasteiger partial charge is 0.454 e. The summed E-state index contributed by atoms with van der Waals surface area (Å²) in [6.07, 6.45) is 0. The Morgan fingerprint density at radius 2 is 0.942 bits per heavy atom. The first-order valence-electron chi connectivity index (χ1n) is 24.4. The van der Waals surface area contributed by atoms with Crippen LogP contribution in [0, 0.1) is 0 Å². The van der Waals surface area contributed by atoms with E-state index >= 15 is 0 Å². The number of furan rings is 1. The summed E-state index contributed by atoms with van der Waals surface area (Å²) in [5.41, 5.74) is 22.1. The Morgan fingerprint density at radius 1 is 0.391 bits per heavy atom. The van der Waals surface area contributed by atoms with Crippen molar-refractivity contribution in [2.45, 2.75) is 57.8 Å². The van der Waals surface area contributed by atoms with Crippen molar-refractivity contribution in [1.82, 2.24) is 0 Å². The van der Waals surface area contributed by atoms with Gasteiger partial charge in [-0.05, 0) is 124 Å².